The summed E-state index contributed by atoms with van der Waals surface area (Å²) < 4.78 is 59.7. The highest BCUT2D eigenvalue weighted by Gasteiger charge is 2.34. The zero-order chi connectivity index (χ0) is 26.5. The molecule has 16 heteroatoms. The van der Waals surface area contributed by atoms with Crippen LogP contribution in [-0.2, 0) is 14.4 Å². The second-order valence-electron chi connectivity index (χ2n) is 7.85. The minimum Gasteiger partial charge on any atom is -0.442 e. The summed E-state index contributed by atoms with van der Waals surface area (Å²) in [5, 5.41) is 5.36. The number of amides is 4. The highest BCUT2D eigenvalue weighted by atomic mass is 19.3. The summed E-state index contributed by atoms with van der Waals surface area (Å²) in [4.78, 5) is 51.0. The molecule has 2 fully saturated rings. The fourth-order valence-corrected chi connectivity index (χ4v) is 3.69. The standard InChI is InChI=1S/C21H21F4N7O5/c22-14-8-12(31-11-13(37-21(31)35)10-28-18(33)17(24)25)9-15(23)16(14)30-4-5-32(36-7-6-30)20(34)29-19-26-2-1-3-27-19/h1-3,8-9,13,17H,4-7,10-11H2,(H,28,33)(H,26,27,29,34)/t13-/m0/s1. The van der Waals surface area contributed by atoms with Gasteiger partial charge in [0.2, 0.25) is 5.95 Å². The lowest BCUT2D eigenvalue weighted by Gasteiger charge is -2.24. The van der Waals surface area contributed by atoms with Gasteiger partial charge in [-0.15, -0.1) is 0 Å². The van der Waals surface area contributed by atoms with E-state index in [-0.39, 0.29) is 56.7 Å². The number of halogens is 4. The van der Waals surface area contributed by atoms with Crippen LogP contribution in [0.15, 0.2) is 30.6 Å². The second-order valence-corrected chi connectivity index (χ2v) is 7.85. The maximum absolute atomic E-state index is 15.0. The van der Waals surface area contributed by atoms with Gasteiger partial charge in [0, 0.05) is 37.6 Å². The molecular formula is C21H21F4N7O5. The van der Waals surface area contributed by atoms with E-state index in [1.807, 2.05) is 5.32 Å². The van der Waals surface area contributed by atoms with E-state index in [0.717, 1.165) is 22.1 Å². The van der Waals surface area contributed by atoms with Gasteiger partial charge in [-0.1, -0.05) is 0 Å². The fourth-order valence-electron chi connectivity index (χ4n) is 3.69. The lowest BCUT2D eigenvalue weighted by molar-refractivity contribution is -0.132. The first kappa shape index (κ1) is 25.9. The molecule has 4 amide bonds. The van der Waals surface area contributed by atoms with Gasteiger partial charge in [-0.25, -0.2) is 33.4 Å². The minimum atomic E-state index is -3.23. The monoisotopic (exact) mass is 527 g/mol. The van der Waals surface area contributed by atoms with Crippen molar-refractivity contribution in [3.63, 3.8) is 0 Å². The highest BCUT2D eigenvalue weighted by molar-refractivity contribution is 5.90. The van der Waals surface area contributed by atoms with E-state index in [1.165, 1.54) is 17.3 Å². The van der Waals surface area contributed by atoms with Crippen LogP contribution in [0.1, 0.15) is 0 Å². The number of carbonyl (C=O) groups is 3. The van der Waals surface area contributed by atoms with Crippen LogP contribution in [0.3, 0.4) is 0 Å². The van der Waals surface area contributed by atoms with Gasteiger partial charge in [0.1, 0.15) is 11.8 Å². The Morgan fingerprint density at radius 2 is 1.81 bits per heavy atom. The molecule has 2 aliphatic rings. The number of aromatic nitrogens is 2. The first-order chi connectivity index (χ1) is 17.7. The van der Waals surface area contributed by atoms with E-state index in [4.69, 9.17) is 9.57 Å². The SMILES string of the molecule is O=C(NC[C@H]1CN(c2cc(F)c(N3CCON(C(=O)Nc4ncccn4)CC3)c(F)c2)C(=O)O1)C(F)F. The Bertz CT molecular complexity index is 1140. The molecule has 198 valence electrons. The normalized spacial score (nSPS) is 18.0. The number of carbonyl (C=O) groups excluding carboxylic acids is 3. The van der Waals surface area contributed by atoms with E-state index < -0.39 is 42.2 Å². The van der Waals surface area contributed by atoms with Crippen molar-refractivity contribution in [2.75, 3.05) is 54.4 Å². The predicted molar refractivity (Wildman–Crippen MR) is 119 cm³/mol. The largest absolute Gasteiger partial charge is 0.442 e. The molecule has 0 bridgehead atoms. The Balaban J connectivity index is 1.39. The van der Waals surface area contributed by atoms with Crippen molar-refractivity contribution >= 4 is 35.4 Å². The topological polar surface area (TPSA) is 129 Å². The minimum absolute atomic E-state index is 0.0217. The molecule has 4 rings (SSSR count). The number of rotatable bonds is 6. The quantitative estimate of drug-likeness (QED) is 0.544. The number of alkyl halides is 2. The molecule has 2 aliphatic heterocycles. The Labute approximate surface area is 207 Å². The molecule has 2 saturated heterocycles. The number of nitrogens with one attached hydrogen (secondary N) is 2. The molecule has 12 nitrogen and oxygen atoms in total. The van der Waals surface area contributed by atoms with Crippen LogP contribution in [0.2, 0.25) is 0 Å². The summed E-state index contributed by atoms with van der Waals surface area (Å²) >= 11 is 0. The molecular weight excluding hydrogens is 506 g/mol. The van der Waals surface area contributed by atoms with Crippen LogP contribution in [0.25, 0.3) is 0 Å². The Hall–Kier alpha value is -4.21. The molecule has 0 unspecified atom stereocenters. The van der Waals surface area contributed by atoms with Gasteiger partial charge in [-0.3, -0.25) is 19.8 Å². The summed E-state index contributed by atoms with van der Waals surface area (Å²) in [6, 6.07) is 2.79. The highest BCUT2D eigenvalue weighted by Crippen LogP contribution is 2.31. The first-order valence-corrected chi connectivity index (χ1v) is 11.0. The van der Waals surface area contributed by atoms with Crippen LogP contribution in [0.4, 0.5) is 44.5 Å². The van der Waals surface area contributed by atoms with Crippen molar-refractivity contribution in [3.8, 4) is 0 Å². The third-order valence-electron chi connectivity index (χ3n) is 5.40. The molecule has 0 radical (unpaired) electrons. The van der Waals surface area contributed by atoms with Crippen molar-refractivity contribution in [3.05, 3.63) is 42.2 Å². The van der Waals surface area contributed by atoms with Crippen molar-refractivity contribution in [2.24, 2.45) is 0 Å². The number of nitrogens with zero attached hydrogens (tertiary/aromatic N) is 5. The van der Waals surface area contributed by atoms with Crippen LogP contribution < -0.4 is 20.4 Å². The van der Waals surface area contributed by atoms with Crippen LogP contribution in [0.5, 0.6) is 0 Å². The van der Waals surface area contributed by atoms with Crippen LogP contribution in [-0.4, -0.2) is 84.9 Å². The molecule has 2 aromatic rings. The summed E-state index contributed by atoms with van der Waals surface area (Å²) in [6.07, 6.45) is -2.28. The van der Waals surface area contributed by atoms with Gasteiger partial charge in [0.25, 0.3) is 5.91 Å². The van der Waals surface area contributed by atoms with E-state index in [9.17, 15) is 23.2 Å². The Morgan fingerprint density at radius 1 is 1.11 bits per heavy atom. The number of hydrogen-bond acceptors (Lipinski definition) is 8. The molecule has 37 heavy (non-hydrogen) atoms. The van der Waals surface area contributed by atoms with Gasteiger partial charge >= 0.3 is 18.5 Å². The van der Waals surface area contributed by atoms with E-state index in [2.05, 4.69) is 15.3 Å². The van der Waals surface area contributed by atoms with Crippen LogP contribution in [0, 0.1) is 11.6 Å². The van der Waals surface area contributed by atoms with Crippen molar-refractivity contribution in [2.45, 2.75) is 12.5 Å². The lowest BCUT2D eigenvalue weighted by atomic mass is 10.2. The number of cyclic esters (lactones) is 1. The number of anilines is 3. The zero-order valence-electron chi connectivity index (χ0n) is 19.1. The van der Waals surface area contributed by atoms with Crippen molar-refractivity contribution in [1.82, 2.24) is 20.3 Å². The fraction of sp³-hybridized carbons (Fsp3) is 0.381. The third-order valence-corrected chi connectivity index (χ3v) is 5.40. The lowest BCUT2D eigenvalue weighted by Crippen LogP contribution is -2.38. The second kappa shape index (κ2) is 11.2. The Morgan fingerprint density at radius 3 is 2.49 bits per heavy atom. The Kier molecular flexibility index (Phi) is 7.86. The summed E-state index contributed by atoms with van der Waals surface area (Å²) in [7, 11) is 0. The van der Waals surface area contributed by atoms with Crippen LogP contribution >= 0.6 is 0 Å². The van der Waals surface area contributed by atoms with E-state index in [0.29, 0.717) is 0 Å². The number of urea groups is 1. The third kappa shape index (κ3) is 6.14. The number of hydroxylamine groups is 2. The number of hydrogen-bond donors (Lipinski definition) is 2. The maximum atomic E-state index is 15.0. The van der Waals surface area contributed by atoms with Crippen molar-refractivity contribution in [1.29, 1.82) is 0 Å². The molecule has 0 aliphatic carbocycles. The summed E-state index contributed by atoms with van der Waals surface area (Å²) in [5.74, 6) is -3.42. The van der Waals surface area contributed by atoms with Gasteiger partial charge in [-0.05, 0) is 6.07 Å². The van der Waals surface area contributed by atoms with Gasteiger partial charge < -0.3 is 15.0 Å². The van der Waals surface area contributed by atoms with Crippen molar-refractivity contribution < 1.29 is 41.5 Å². The summed E-state index contributed by atoms with van der Waals surface area (Å²) in [6.45, 7) is -0.627. The van der Waals surface area contributed by atoms with E-state index in [1.54, 1.807) is 6.07 Å². The number of benzene rings is 1. The van der Waals surface area contributed by atoms with Gasteiger partial charge in [0.15, 0.2) is 11.6 Å². The average Bonchev–Trinajstić information content (AvgIpc) is 3.07. The molecule has 3 heterocycles. The van der Waals surface area contributed by atoms with Gasteiger partial charge in [-0.2, -0.15) is 8.78 Å². The maximum Gasteiger partial charge on any atom is 0.414 e. The van der Waals surface area contributed by atoms with Gasteiger partial charge in [0.05, 0.1) is 31.9 Å². The summed E-state index contributed by atoms with van der Waals surface area (Å²) in [5.41, 5.74) is -0.532. The molecule has 0 spiro atoms. The molecule has 1 aromatic carbocycles. The molecule has 1 atom stereocenters. The predicted octanol–water partition coefficient (Wildman–Crippen LogP) is 1.75. The zero-order valence-corrected chi connectivity index (χ0v) is 19.1. The smallest absolute Gasteiger partial charge is 0.414 e. The first-order valence-electron chi connectivity index (χ1n) is 11.0. The molecule has 1 aromatic heterocycles. The average molecular weight is 527 g/mol. The number of ether oxygens (including phenoxy) is 1. The molecule has 2 N–H and O–H groups in total. The van der Waals surface area contributed by atoms with E-state index >= 15 is 8.78 Å². The molecule has 0 saturated carbocycles.